The Morgan fingerprint density at radius 1 is 1.16 bits per heavy atom. The van der Waals surface area contributed by atoms with Crippen LogP contribution < -0.4 is 15.8 Å². The molecule has 0 aliphatic rings. The van der Waals surface area contributed by atoms with E-state index in [1.807, 2.05) is 31.2 Å². The van der Waals surface area contributed by atoms with Gasteiger partial charge in [0.2, 0.25) is 5.91 Å². The molecule has 0 atom stereocenters. The predicted octanol–water partition coefficient (Wildman–Crippen LogP) is 2.93. The molecule has 106 valence electrons. The molecule has 3 N–H and O–H groups in total. The highest BCUT2D eigenvalue weighted by atomic mass is 16.5. The predicted molar refractivity (Wildman–Crippen MR) is 78.4 cm³/mol. The number of rotatable bonds is 9. The van der Waals surface area contributed by atoms with Crippen molar-refractivity contribution in [2.75, 3.05) is 18.5 Å². The number of amides is 1. The Morgan fingerprint density at radius 3 is 2.47 bits per heavy atom. The number of nitrogens with one attached hydrogen (secondary N) is 1. The summed E-state index contributed by atoms with van der Waals surface area (Å²) in [6, 6.07) is 7.44. The van der Waals surface area contributed by atoms with Gasteiger partial charge in [0.15, 0.2) is 0 Å². The number of anilines is 1. The third kappa shape index (κ3) is 6.82. The van der Waals surface area contributed by atoms with Gasteiger partial charge in [-0.3, -0.25) is 4.79 Å². The molecule has 1 aromatic rings. The van der Waals surface area contributed by atoms with Gasteiger partial charge < -0.3 is 15.8 Å². The highest BCUT2D eigenvalue weighted by Crippen LogP contribution is 2.16. The number of benzene rings is 1. The zero-order valence-corrected chi connectivity index (χ0v) is 11.7. The maximum Gasteiger partial charge on any atom is 0.224 e. The molecule has 0 fully saturated rings. The molecule has 0 bridgehead atoms. The first-order valence-corrected chi connectivity index (χ1v) is 6.99. The minimum atomic E-state index is 0.0666. The van der Waals surface area contributed by atoms with E-state index in [2.05, 4.69) is 5.32 Å². The van der Waals surface area contributed by atoms with Crippen LogP contribution in [0.1, 0.15) is 39.0 Å². The van der Waals surface area contributed by atoms with Crippen molar-refractivity contribution >= 4 is 11.6 Å². The first kappa shape index (κ1) is 15.5. The lowest BCUT2D eigenvalue weighted by atomic mass is 10.1. The van der Waals surface area contributed by atoms with Crippen LogP contribution in [0.25, 0.3) is 0 Å². The highest BCUT2D eigenvalue weighted by Gasteiger charge is 2.02. The molecule has 0 heterocycles. The fourth-order valence-corrected chi connectivity index (χ4v) is 1.81. The third-order valence-corrected chi connectivity index (χ3v) is 2.81. The lowest BCUT2D eigenvalue weighted by Gasteiger charge is -2.07. The first-order chi connectivity index (χ1) is 9.26. The Morgan fingerprint density at radius 2 is 1.84 bits per heavy atom. The molecule has 1 amide bonds. The fourth-order valence-electron chi connectivity index (χ4n) is 1.81. The van der Waals surface area contributed by atoms with Gasteiger partial charge >= 0.3 is 0 Å². The topological polar surface area (TPSA) is 64.3 Å². The molecule has 0 unspecified atom stereocenters. The number of ether oxygens (including phenoxy) is 1. The molecule has 0 saturated heterocycles. The number of hydrogen-bond donors (Lipinski definition) is 2. The first-order valence-electron chi connectivity index (χ1n) is 6.99. The van der Waals surface area contributed by atoms with Gasteiger partial charge in [0.05, 0.1) is 6.61 Å². The molecule has 0 radical (unpaired) electrons. The van der Waals surface area contributed by atoms with Crippen LogP contribution in [0.3, 0.4) is 0 Å². The zero-order valence-electron chi connectivity index (χ0n) is 11.7. The number of carbonyl (C=O) groups excluding carboxylic acids is 1. The Hall–Kier alpha value is -1.55. The summed E-state index contributed by atoms with van der Waals surface area (Å²) in [7, 11) is 0. The molecule has 1 rings (SSSR count). The molecule has 4 nitrogen and oxygen atoms in total. The minimum absolute atomic E-state index is 0.0666. The maximum absolute atomic E-state index is 11.7. The average Bonchev–Trinajstić information content (AvgIpc) is 2.41. The Labute approximate surface area is 115 Å². The highest BCUT2D eigenvalue weighted by molar-refractivity contribution is 5.90. The normalized spacial score (nSPS) is 10.2. The van der Waals surface area contributed by atoms with Crippen LogP contribution in [0.15, 0.2) is 24.3 Å². The van der Waals surface area contributed by atoms with Crippen molar-refractivity contribution in [1.82, 2.24) is 0 Å². The molecular weight excluding hydrogens is 240 g/mol. The van der Waals surface area contributed by atoms with Gasteiger partial charge in [0.1, 0.15) is 5.75 Å². The summed E-state index contributed by atoms with van der Waals surface area (Å²) in [6.07, 6.45) is 4.70. The fraction of sp³-hybridized carbons (Fsp3) is 0.533. The van der Waals surface area contributed by atoms with Crippen molar-refractivity contribution in [1.29, 1.82) is 0 Å². The number of nitrogens with two attached hydrogens (primary N) is 1. The van der Waals surface area contributed by atoms with Gasteiger partial charge in [-0.1, -0.05) is 12.8 Å². The van der Waals surface area contributed by atoms with Crippen LogP contribution in [-0.4, -0.2) is 19.1 Å². The van der Waals surface area contributed by atoms with E-state index in [9.17, 15) is 4.79 Å². The van der Waals surface area contributed by atoms with Crippen molar-refractivity contribution < 1.29 is 9.53 Å². The summed E-state index contributed by atoms with van der Waals surface area (Å²) in [5.74, 6) is 0.888. The summed E-state index contributed by atoms with van der Waals surface area (Å²) in [5.41, 5.74) is 6.23. The molecular formula is C15H24N2O2. The monoisotopic (exact) mass is 264 g/mol. The van der Waals surface area contributed by atoms with Crippen LogP contribution >= 0.6 is 0 Å². The van der Waals surface area contributed by atoms with Gasteiger partial charge in [-0.2, -0.15) is 0 Å². The molecule has 0 aromatic heterocycles. The van der Waals surface area contributed by atoms with Crippen molar-refractivity contribution in [3.05, 3.63) is 24.3 Å². The van der Waals surface area contributed by atoms with E-state index in [1.165, 1.54) is 0 Å². The Balaban J connectivity index is 2.24. The lowest BCUT2D eigenvalue weighted by molar-refractivity contribution is -0.116. The quantitative estimate of drug-likeness (QED) is 0.674. The van der Waals surface area contributed by atoms with Crippen molar-refractivity contribution in [3.8, 4) is 5.75 Å². The molecule has 0 aliphatic carbocycles. The largest absolute Gasteiger partial charge is 0.494 e. The van der Waals surface area contributed by atoms with Crippen LogP contribution in [0.2, 0.25) is 0 Å². The summed E-state index contributed by atoms with van der Waals surface area (Å²) in [5, 5.41) is 2.88. The van der Waals surface area contributed by atoms with Gasteiger partial charge in [-0.25, -0.2) is 0 Å². The molecule has 4 heteroatoms. The second-order valence-corrected chi connectivity index (χ2v) is 4.46. The van der Waals surface area contributed by atoms with E-state index in [4.69, 9.17) is 10.5 Å². The molecule has 0 spiro atoms. The lowest BCUT2D eigenvalue weighted by Crippen LogP contribution is -2.11. The smallest absolute Gasteiger partial charge is 0.224 e. The van der Waals surface area contributed by atoms with Crippen molar-refractivity contribution in [2.24, 2.45) is 5.73 Å². The van der Waals surface area contributed by atoms with Crippen LogP contribution in [0, 0.1) is 0 Å². The van der Waals surface area contributed by atoms with E-state index >= 15 is 0 Å². The SMILES string of the molecule is CCOc1ccc(NC(=O)CCCCCCN)cc1. The summed E-state index contributed by atoms with van der Waals surface area (Å²) >= 11 is 0. The van der Waals surface area contributed by atoms with Gasteiger partial charge in [0.25, 0.3) is 0 Å². The summed E-state index contributed by atoms with van der Waals surface area (Å²) in [6.45, 7) is 3.33. The summed E-state index contributed by atoms with van der Waals surface area (Å²) < 4.78 is 5.35. The Bertz CT molecular complexity index is 363. The maximum atomic E-state index is 11.7. The standard InChI is InChI=1S/C15H24N2O2/c1-2-19-14-10-8-13(9-11-14)17-15(18)7-5-3-4-6-12-16/h8-11H,2-7,12,16H2,1H3,(H,17,18). The molecule has 0 aliphatic heterocycles. The zero-order chi connectivity index (χ0) is 13.9. The second-order valence-electron chi connectivity index (χ2n) is 4.46. The van der Waals surface area contributed by atoms with Crippen LogP contribution in [-0.2, 0) is 4.79 Å². The third-order valence-electron chi connectivity index (χ3n) is 2.81. The van der Waals surface area contributed by atoms with Gasteiger partial charge in [0, 0.05) is 12.1 Å². The van der Waals surface area contributed by atoms with Gasteiger partial charge in [-0.05, 0) is 50.6 Å². The van der Waals surface area contributed by atoms with E-state index in [-0.39, 0.29) is 5.91 Å². The number of unbranched alkanes of at least 4 members (excludes halogenated alkanes) is 3. The number of hydrogen-bond acceptors (Lipinski definition) is 3. The molecule has 0 saturated carbocycles. The minimum Gasteiger partial charge on any atom is -0.494 e. The van der Waals surface area contributed by atoms with Crippen molar-refractivity contribution in [2.45, 2.75) is 39.0 Å². The van der Waals surface area contributed by atoms with E-state index in [0.717, 1.165) is 43.7 Å². The Kier molecular flexibility index (Phi) is 7.66. The van der Waals surface area contributed by atoms with E-state index in [1.54, 1.807) is 0 Å². The molecule has 19 heavy (non-hydrogen) atoms. The van der Waals surface area contributed by atoms with Crippen LogP contribution in [0.5, 0.6) is 5.75 Å². The second kappa shape index (κ2) is 9.39. The molecule has 1 aromatic carbocycles. The van der Waals surface area contributed by atoms with Crippen molar-refractivity contribution in [3.63, 3.8) is 0 Å². The number of carbonyl (C=O) groups is 1. The van der Waals surface area contributed by atoms with E-state index in [0.29, 0.717) is 13.0 Å². The summed E-state index contributed by atoms with van der Waals surface area (Å²) in [4.78, 5) is 11.7. The van der Waals surface area contributed by atoms with Crippen LogP contribution in [0.4, 0.5) is 5.69 Å². The average molecular weight is 264 g/mol. The van der Waals surface area contributed by atoms with E-state index < -0.39 is 0 Å². The van der Waals surface area contributed by atoms with Gasteiger partial charge in [-0.15, -0.1) is 0 Å².